The molecular weight excluding hydrogens is 324 g/mol. The lowest BCUT2D eigenvalue weighted by Gasteiger charge is -2.29. The van der Waals surface area contributed by atoms with E-state index in [0.29, 0.717) is 18.2 Å². The Bertz CT molecular complexity index is 649. The van der Waals surface area contributed by atoms with Crippen molar-refractivity contribution in [3.05, 3.63) is 29.8 Å². The number of benzene rings is 1. The highest BCUT2D eigenvalue weighted by atomic mass is 32.2. The summed E-state index contributed by atoms with van der Waals surface area (Å²) in [6.07, 6.45) is 7.13. The first kappa shape index (κ1) is 18.8. The summed E-state index contributed by atoms with van der Waals surface area (Å²) in [5, 5.41) is 2.94. The smallest absolute Gasteiger partial charge is 0.243 e. The van der Waals surface area contributed by atoms with E-state index >= 15 is 0 Å². The van der Waals surface area contributed by atoms with Crippen LogP contribution in [-0.4, -0.2) is 33.2 Å². The highest BCUT2D eigenvalue weighted by molar-refractivity contribution is 7.92. The predicted molar refractivity (Wildman–Crippen MR) is 97.5 cm³/mol. The van der Waals surface area contributed by atoms with Crippen LogP contribution in [-0.2, 0) is 14.8 Å². The van der Waals surface area contributed by atoms with E-state index < -0.39 is 16.1 Å². The molecule has 1 aliphatic rings. The van der Waals surface area contributed by atoms with Gasteiger partial charge in [-0.05, 0) is 44.7 Å². The summed E-state index contributed by atoms with van der Waals surface area (Å²) in [4.78, 5) is 12.5. The van der Waals surface area contributed by atoms with Crippen molar-refractivity contribution < 1.29 is 13.2 Å². The van der Waals surface area contributed by atoms with Gasteiger partial charge < -0.3 is 5.32 Å². The maximum atomic E-state index is 12.5. The second-order valence-electron chi connectivity index (χ2n) is 6.82. The number of nitrogens with zero attached hydrogens (tertiary/aromatic N) is 1. The summed E-state index contributed by atoms with van der Waals surface area (Å²) < 4.78 is 25.6. The van der Waals surface area contributed by atoms with Gasteiger partial charge in [0.2, 0.25) is 15.9 Å². The first-order valence-electron chi connectivity index (χ1n) is 8.63. The SMILES string of the molecule is Cc1ccc(N([C@H](C)C(=O)NCC2CCCCC2)S(C)(=O)=O)cc1. The maximum Gasteiger partial charge on any atom is 0.243 e. The Hall–Kier alpha value is -1.56. The number of hydrogen-bond acceptors (Lipinski definition) is 3. The van der Waals surface area contributed by atoms with Crippen molar-refractivity contribution in [1.82, 2.24) is 5.32 Å². The number of aryl methyl sites for hydroxylation is 1. The summed E-state index contributed by atoms with van der Waals surface area (Å²) in [6.45, 7) is 4.21. The van der Waals surface area contributed by atoms with Crippen molar-refractivity contribution >= 4 is 21.6 Å². The molecule has 0 heterocycles. The van der Waals surface area contributed by atoms with Crippen molar-refractivity contribution in [3.8, 4) is 0 Å². The lowest BCUT2D eigenvalue weighted by Crippen LogP contribution is -2.48. The Morgan fingerprint density at radius 2 is 1.79 bits per heavy atom. The number of sulfonamides is 1. The molecule has 0 radical (unpaired) electrons. The van der Waals surface area contributed by atoms with Crippen LogP contribution in [0, 0.1) is 12.8 Å². The molecule has 134 valence electrons. The third kappa shape index (κ3) is 4.97. The highest BCUT2D eigenvalue weighted by Gasteiger charge is 2.29. The Balaban J connectivity index is 2.08. The van der Waals surface area contributed by atoms with Gasteiger partial charge in [0, 0.05) is 6.54 Å². The molecule has 0 aliphatic heterocycles. The molecule has 1 N–H and O–H groups in total. The standard InChI is InChI=1S/C18H28N2O3S/c1-14-9-11-17(12-10-14)20(24(3,22)23)15(2)18(21)19-13-16-7-5-4-6-8-16/h9-12,15-16H,4-8,13H2,1-3H3,(H,19,21)/t15-/m1/s1. The Labute approximate surface area is 145 Å². The number of carbonyl (C=O) groups is 1. The van der Waals surface area contributed by atoms with E-state index in [2.05, 4.69) is 5.32 Å². The normalized spacial score (nSPS) is 17.3. The fraction of sp³-hybridized carbons (Fsp3) is 0.611. The second-order valence-corrected chi connectivity index (χ2v) is 8.68. The first-order chi connectivity index (χ1) is 11.3. The van der Waals surface area contributed by atoms with Crippen molar-refractivity contribution in [2.45, 2.75) is 52.0 Å². The van der Waals surface area contributed by atoms with Crippen LogP contribution < -0.4 is 9.62 Å². The zero-order valence-corrected chi connectivity index (χ0v) is 15.6. The van der Waals surface area contributed by atoms with Gasteiger partial charge in [0.15, 0.2) is 0 Å². The summed E-state index contributed by atoms with van der Waals surface area (Å²) in [7, 11) is -3.55. The average Bonchev–Trinajstić information content (AvgIpc) is 2.54. The number of amides is 1. The lowest BCUT2D eigenvalue weighted by molar-refractivity contribution is -0.122. The summed E-state index contributed by atoms with van der Waals surface area (Å²) in [5.41, 5.74) is 1.56. The molecule has 1 aliphatic carbocycles. The van der Waals surface area contributed by atoms with Crippen LogP contribution in [0.4, 0.5) is 5.69 Å². The summed E-state index contributed by atoms with van der Waals surface area (Å²) in [5.74, 6) is 0.271. The lowest BCUT2D eigenvalue weighted by atomic mass is 9.89. The third-order valence-corrected chi connectivity index (χ3v) is 5.91. The molecule has 2 rings (SSSR count). The van der Waals surface area contributed by atoms with Crippen molar-refractivity contribution in [1.29, 1.82) is 0 Å². The number of nitrogens with one attached hydrogen (secondary N) is 1. The molecular formula is C18H28N2O3S. The molecule has 0 saturated heterocycles. The Kier molecular flexibility index (Phi) is 6.27. The molecule has 24 heavy (non-hydrogen) atoms. The van der Waals surface area contributed by atoms with Gasteiger partial charge in [-0.25, -0.2) is 8.42 Å². The molecule has 1 aromatic rings. The fourth-order valence-electron chi connectivity index (χ4n) is 3.28. The predicted octanol–water partition coefficient (Wildman–Crippen LogP) is 2.85. The molecule has 0 aromatic heterocycles. The summed E-state index contributed by atoms with van der Waals surface area (Å²) in [6, 6.07) is 6.40. The zero-order chi connectivity index (χ0) is 17.7. The minimum Gasteiger partial charge on any atom is -0.354 e. The van der Waals surface area contributed by atoms with Gasteiger partial charge >= 0.3 is 0 Å². The van der Waals surface area contributed by atoms with Crippen LogP contribution in [0.1, 0.15) is 44.6 Å². The van der Waals surface area contributed by atoms with Gasteiger partial charge in [-0.2, -0.15) is 0 Å². The number of rotatable bonds is 6. The largest absolute Gasteiger partial charge is 0.354 e. The Morgan fingerprint density at radius 3 is 2.33 bits per heavy atom. The van der Waals surface area contributed by atoms with Gasteiger partial charge in [-0.1, -0.05) is 37.0 Å². The van der Waals surface area contributed by atoms with Crippen LogP contribution in [0.25, 0.3) is 0 Å². The molecule has 5 nitrogen and oxygen atoms in total. The highest BCUT2D eigenvalue weighted by Crippen LogP contribution is 2.24. The minimum absolute atomic E-state index is 0.244. The quantitative estimate of drug-likeness (QED) is 0.856. The molecule has 0 bridgehead atoms. The van der Waals surface area contributed by atoms with E-state index in [4.69, 9.17) is 0 Å². The summed E-state index contributed by atoms with van der Waals surface area (Å²) >= 11 is 0. The molecule has 1 aromatic carbocycles. The molecule has 1 fully saturated rings. The van der Waals surface area contributed by atoms with Crippen LogP contribution in [0.3, 0.4) is 0 Å². The van der Waals surface area contributed by atoms with E-state index in [0.717, 1.165) is 24.7 Å². The van der Waals surface area contributed by atoms with E-state index in [9.17, 15) is 13.2 Å². The molecule has 1 amide bonds. The zero-order valence-electron chi connectivity index (χ0n) is 14.8. The molecule has 0 spiro atoms. The van der Waals surface area contributed by atoms with Gasteiger partial charge in [0.1, 0.15) is 6.04 Å². The van der Waals surface area contributed by atoms with Crippen LogP contribution in [0.2, 0.25) is 0 Å². The van der Waals surface area contributed by atoms with Crippen molar-refractivity contribution in [2.24, 2.45) is 5.92 Å². The van der Waals surface area contributed by atoms with E-state index in [-0.39, 0.29) is 5.91 Å². The van der Waals surface area contributed by atoms with E-state index in [1.807, 2.05) is 19.1 Å². The van der Waals surface area contributed by atoms with E-state index in [1.54, 1.807) is 19.1 Å². The van der Waals surface area contributed by atoms with Gasteiger partial charge in [-0.15, -0.1) is 0 Å². The third-order valence-electron chi connectivity index (χ3n) is 4.67. The monoisotopic (exact) mass is 352 g/mol. The molecule has 1 saturated carbocycles. The van der Waals surface area contributed by atoms with Crippen molar-refractivity contribution in [2.75, 3.05) is 17.1 Å². The van der Waals surface area contributed by atoms with E-state index in [1.165, 1.54) is 23.6 Å². The molecule has 6 heteroatoms. The number of anilines is 1. The van der Waals surface area contributed by atoms with Crippen LogP contribution in [0.5, 0.6) is 0 Å². The van der Waals surface area contributed by atoms with Gasteiger partial charge in [-0.3, -0.25) is 9.10 Å². The number of carbonyl (C=O) groups excluding carboxylic acids is 1. The average molecular weight is 352 g/mol. The van der Waals surface area contributed by atoms with Gasteiger partial charge in [0.05, 0.1) is 11.9 Å². The Morgan fingerprint density at radius 1 is 1.21 bits per heavy atom. The number of hydrogen-bond donors (Lipinski definition) is 1. The minimum atomic E-state index is -3.55. The first-order valence-corrected chi connectivity index (χ1v) is 10.5. The topological polar surface area (TPSA) is 66.5 Å². The van der Waals surface area contributed by atoms with Crippen LogP contribution in [0.15, 0.2) is 24.3 Å². The molecule has 1 atom stereocenters. The second kappa shape index (κ2) is 8.01. The van der Waals surface area contributed by atoms with Gasteiger partial charge in [0.25, 0.3) is 0 Å². The van der Waals surface area contributed by atoms with Crippen LogP contribution >= 0.6 is 0 Å². The van der Waals surface area contributed by atoms with Crippen molar-refractivity contribution in [3.63, 3.8) is 0 Å². The fourth-order valence-corrected chi connectivity index (χ4v) is 4.46. The molecule has 0 unspecified atom stereocenters. The maximum absolute atomic E-state index is 12.5.